The van der Waals surface area contributed by atoms with Crippen molar-refractivity contribution in [2.75, 3.05) is 32.8 Å². The standard InChI is InChI=1S/C24H33N5O3.2C2HF3O2/c1-4-32-16-22(30)28-15-20(21-8-11-26-29(21)18(2)3)24(17-28)9-6-12-27(23(24)31)14-19-7-5-10-25-13-19;2*3-2(4,5)1(6)7/h5,7-8,10-11,13,18,20H,4,6,9,12,14-17H2,1-3H3;2*(H,6,7)/t20-,24+;;/m0../s1. The van der Waals surface area contributed by atoms with Gasteiger partial charge in [0.15, 0.2) is 0 Å². The van der Waals surface area contributed by atoms with Crippen LogP contribution in [0.4, 0.5) is 26.3 Å². The van der Waals surface area contributed by atoms with E-state index in [1.54, 1.807) is 12.4 Å². The summed E-state index contributed by atoms with van der Waals surface area (Å²) in [5, 5.41) is 18.8. The van der Waals surface area contributed by atoms with E-state index in [4.69, 9.17) is 24.5 Å². The first-order chi connectivity index (χ1) is 21.3. The molecule has 1 spiro atoms. The van der Waals surface area contributed by atoms with Crippen molar-refractivity contribution < 1.29 is 60.5 Å². The molecule has 2 aliphatic heterocycles. The quantitative estimate of drug-likeness (QED) is 0.419. The SMILES string of the molecule is CCOCC(=O)N1C[C@@H](c2ccnn2C(C)C)[C@@]2(CCCN(Cc3cccnc3)C2=O)C1.O=C(O)C(F)(F)F.O=C(O)C(F)(F)F. The second kappa shape index (κ2) is 15.9. The lowest BCUT2D eigenvalue weighted by atomic mass is 9.70. The zero-order valence-corrected chi connectivity index (χ0v) is 25.2. The molecule has 2 fully saturated rings. The number of carboxylic acids is 2. The maximum absolute atomic E-state index is 14.0. The average Bonchev–Trinajstić information content (AvgIpc) is 3.60. The molecule has 46 heavy (non-hydrogen) atoms. The first-order valence-corrected chi connectivity index (χ1v) is 14.0. The molecule has 0 aromatic carbocycles. The van der Waals surface area contributed by atoms with Gasteiger partial charge in [-0.1, -0.05) is 6.07 Å². The van der Waals surface area contributed by atoms with Crippen molar-refractivity contribution in [3.63, 3.8) is 0 Å². The Kier molecular flexibility index (Phi) is 13.1. The molecule has 18 heteroatoms. The predicted octanol–water partition coefficient (Wildman–Crippen LogP) is 3.90. The van der Waals surface area contributed by atoms with Crippen LogP contribution in [0.15, 0.2) is 36.8 Å². The summed E-state index contributed by atoms with van der Waals surface area (Å²) in [6.07, 6.45) is -3.14. The monoisotopic (exact) mass is 667 g/mol. The van der Waals surface area contributed by atoms with Gasteiger partial charge in [0, 0.05) is 69.0 Å². The number of halogens is 6. The number of alkyl halides is 6. The van der Waals surface area contributed by atoms with Crippen LogP contribution < -0.4 is 0 Å². The molecule has 0 bridgehead atoms. The number of rotatable bonds is 7. The molecular formula is C28H35F6N5O7. The molecule has 2 atom stereocenters. The summed E-state index contributed by atoms with van der Waals surface area (Å²) < 4.78 is 70.9. The smallest absolute Gasteiger partial charge is 0.475 e. The van der Waals surface area contributed by atoms with E-state index in [-0.39, 0.29) is 30.4 Å². The van der Waals surface area contributed by atoms with E-state index >= 15 is 0 Å². The van der Waals surface area contributed by atoms with Crippen molar-refractivity contribution >= 4 is 23.8 Å². The van der Waals surface area contributed by atoms with Crippen molar-refractivity contribution in [3.8, 4) is 0 Å². The van der Waals surface area contributed by atoms with Crippen LogP contribution in [0, 0.1) is 5.41 Å². The number of carboxylic acid groups (broad SMARTS) is 2. The van der Waals surface area contributed by atoms with E-state index in [2.05, 4.69) is 23.9 Å². The molecular weight excluding hydrogens is 632 g/mol. The Bertz CT molecular complexity index is 1310. The van der Waals surface area contributed by atoms with Crippen molar-refractivity contribution in [2.24, 2.45) is 5.41 Å². The Labute approximate surface area is 259 Å². The van der Waals surface area contributed by atoms with Crippen LogP contribution in [0.1, 0.15) is 56.8 Å². The molecule has 2 aromatic heterocycles. The first kappa shape index (κ1) is 38.0. The number of amides is 2. The number of aromatic nitrogens is 3. The number of aliphatic carboxylic acids is 2. The lowest BCUT2D eigenvalue weighted by Gasteiger charge is -2.42. The third-order valence-electron chi connectivity index (χ3n) is 7.22. The fraction of sp³-hybridized carbons (Fsp3) is 0.571. The lowest BCUT2D eigenvalue weighted by molar-refractivity contribution is -0.193. The third-order valence-corrected chi connectivity index (χ3v) is 7.22. The fourth-order valence-corrected chi connectivity index (χ4v) is 5.23. The molecule has 4 rings (SSSR count). The van der Waals surface area contributed by atoms with Gasteiger partial charge in [-0.05, 0) is 51.3 Å². The number of carbonyl (C=O) groups excluding carboxylic acids is 2. The molecule has 12 nitrogen and oxygen atoms in total. The summed E-state index contributed by atoms with van der Waals surface area (Å²) in [5.74, 6) is -5.54. The number of carbonyl (C=O) groups is 4. The van der Waals surface area contributed by atoms with E-state index in [1.807, 2.05) is 45.8 Å². The van der Waals surface area contributed by atoms with Gasteiger partial charge in [0.2, 0.25) is 11.8 Å². The molecule has 256 valence electrons. The highest BCUT2D eigenvalue weighted by molar-refractivity contribution is 5.87. The molecule has 2 amide bonds. The first-order valence-electron chi connectivity index (χ1n) is 14.0. The summed E-state index contributed by atoms with van der Waals surface area (Å²) >= 11 is 0. The van der Waals surface area contributed by atoms with Crippen LogP contribution in [-0.4, -0.2) is 104 Å². The Hall–Kier alpha value is -4.22. The van der Waals surface area contributed by atoms with Crippen molar-refractivity contribution in [2.45, 2.75) is 64.5 Å². The minimum absolute atomic E-state index is 0.0519. The maximum Gasteiger partial charge on any atom is 0.490 e. The normalized spacial score (nSPS) is 19.8. The minimum Gasteiger partial charge on any atom is -0.475 e. The summed E-state index contributed by atoms with van der Waals surface area (Å²) in [7, 11) is 0. The minimum atomic E-state index is -5.08. The van der Waals surface area contributed by atoms with Gasteiger partial charge in [0.25, 0.3) is 0 Å². The van der Waals surface area contributed by atoms with Gasteiger partial charge in [-0.3, -0.25) is 19.3 Å². The summed E-state index contributed by atoms with van der Waals surface area (Å²) in [4.78, 5) is 52.7. The third kappa shape index (κ3) is 9.89. The number of hydrogen-bond donors (Lipinski definition) is 2. The highest BCUT2D eigenvalue weighted by Crippen LogP contribution is 2.50. The highest BCUT2D eigenvalue weighted by Gasteiger charge is 2.57. The van der Waals surface area contributed by atoms with Gasteiger partial charge in [0.05, 0.1) is 5.41 Å². The maximum atomic E-state index is 14.0. The Morgan fingerprint density at radius 1 is 1.07 bits per heavy atom. The molecule has 0 radical (unpaired) electrons. The van der Waals surface area contributed by atoms with Crippen LogP contribution >= 0.6 is 0 Å². The molecule has 4 heterocycles. The average molecular weight is 668 g/mol. The number of nitrogens with zero attached hydrogens (tertiary/aromatic N) is 5. The topological polar surface area (TPSA) is 155 Å². The summed E-state index contributed by atoms with van der Waals surface area (Å²) in [6.45, 7) is 8.80. The Morgan fingerprint density at radius 3 is 2.17 bits per heavy atom. The van der Waals surface area contributed by atoms with Crippen molar-refractivity contribution in [1.82, 2.24) is 24.6 Å². The molecule has 2 aromatic rings. The van der Waals surface area contributed by atoms with Gasteiger partial charge in [-0.2, -0.15) is 31.4 Å². The van der Waals surface area contributed by atoms with E-state index in [0.717, 1.165) is 30.6 Å². The van der Waals surface area contributed by atoms with Gasteiger partial charge in [-0.25, -0.2) is 9.59 Å². The van der Waals surface area contributed by atoms with Crippen LogP contribution in [-0.2, 0) is 30.5 Å². The van der Waals surface area contributed by atoms with Crippen LogP contribution in [0.3, 0.4) is 0 Å². The van der Waals surface area contributed by atoms with Crippen LogP contribution in [0.2, 0.25) is 0 Å². The fourth-order valence-electron chi connectivity index (χ4n) is 5.23. The van der Waals surface area contributed by atoms with Crippen LogP contribution in [0.25, 0.3) is 0 Å². The van der Waals surface area contributed by atoms with Gasteiger partial charge in [-0.15, -0.1) is 0 Å². The number of piperidine rings is 1. The van der Waals surface area contributed by atoms with E-state index < -0.39 is 29.7 Å². The summed E-state index contributed by atoms with van der Waals surface area (Å²) in [5.41, 5.74) is 1.40. The van der Waals surface area contributed by atoms with E-state index in [1.165, 1.54) is 0 Å². The molecule has 0 unspecified atom stereocenters. The number of likely N-dealkylation sites (tertiary alicyclic amines) is 2. The summed E-state index contributed by atoms with van der Waals surface area (Å²) in [6, 6.07) is 6.08. The Morgan fingerprint density at radius 2 is 1.67 bits per heavy atom. The van der Waals surface area contributed by atoms with E-state index in [9.17, 15) is 35.9 Å². The van der Waals surface area contributed by atoms with Crippen LogP contribution in [0.5, 0.6) is 0 Å². The molecule has 0 saturated carbocycles. The second-order valence-corrected chi connectivity index (χ2v) is 10.7. The molecule has 2 N–H and O–H groups in total. The number of ether oxygens (including phenoxy) is 1. The second-order valence-electron chi connectivity index (χ2n) is 10.7. The number of pyridine rings is 1. The predicted molar refractivity (Wildman–Crippen MR) is 147 cm³/mol. The van der Waals surface area contributed by atoms with Gasteiger partial charge in [0.1, 0.15) is 6.61 Å². The molecule has 2 aliphatic rings. The lowest BCUT2D eigenvalue weighted by Crippen LogP contribution is -2.52. The highest BCUT2D eigenvalue weighted by atomic mass is 19.4. The van der Waals surface area contributed by atoms with Gasteiger partial charge < -0.3 is 24.7 Å². The largest absolute Gasteiger partial charge is 0.490 e. The zero-order valence-electron chi connectivity index (χ0n) is 25.2. The van der Waals surface area contributed by atoms with Crippen molar-refractivity contribution in [1.29, 1.82) is 0 Å². The Balaban J connectivity index is 0.000000440. The van der Waals surface area contributed by atoms with E-state index in [0.29, 0.717) is 26.2 Å². The van der Waals surface area contributed by atoms with Crippen molar-refractivity contribution in [3.05, 3.63) is 48.0 Å². The molecule has 0 aliphatic carbocycles. The zero-order chi connectivity index (χ0) is 34.9. The molecule has 2 saturated heterocycles. The van der Waals surface area contributed by atoms with Gasteiger partial charge >= 0.3 is 24.3 Å². The number of hydrogen-bond acceptors (Lipinski definition) is 7.